The van der Waals surface area contributed by atoms with E-state index in [-0.39, 0.29) is 18.8 Å². The molecule has 2 N–H and O–H groups in total. The lowest BCUT2D eigenvalue weighted by Gasteiger charge is -2.10. The molecule has 1 aromatic carbocycles. The molecule has 0 heterocycles. The zero-order valence-electron chi connectivity index (χ0n) is 11.7. The Labute approximate surface area is 121 Å². The van der Waals surface area contributed by atoms with Gasteiger partial charge >= 0.3 is 5.97 Å². The van der Waals surface area contributed by atoms with Crippen LogP contribution in [0.3, 0.4) is 0 Å². The van der Waals surface area contributed by atoms with Crippen molar-refractivity contribution in [3.63, 3.8) is 0 Å². The third-order valence-electron chi connectivity index (χ3n) is 3.16. The Hall–Kier alpha value is -1.06. The fraction of sp³-hybridized carbons (Fsp3) is 0.533. The van der Waals surface area contributed by atoms with Crippen molar-refractivity contribution in [2.24, 2.45) is 0 Å². The van der Waals surface area contributed by atoms with Gasteiger partial charge in [-0.3, -0.25) is 4.79 Å². The van der Waals surface area contributed by atoms with E-state index in [0.717, 1.165) is 25.7 Å². The van der Waals surface area contributed by atoms with E-state index < -0.39 is 5.97 Å². The molecule has 19 heavy (non-hydrogen) atoms. The summed E-state index contributed by atoms with van der Waals surface area (Å²) in [6.45, 7) is 2.17. The summed E-state index contributed by atoms with van der Waals surface area (Å²) < 4.78 is 0. The molecule has 0 aliphatic heterocycles. The minimum atomic E-state index is -0.702. The Morgan fingerprint density at radius 3 is 2.32 bits per heavy atom. The molecule has 3 nitrogen and oxygen atoms in total. The molecular formula is C15H24ClNO2. The number of aliphatic carboxylic acids is 1. The largest absolute Gasteiger partial charge is 0.481 e. The van der Waals surface area contributed by atoms with Crippen LogP contribution in [-0.4, -0.2) is 24.2 Å². The molecule has 108 valence electrons. The predicted octanol–water partition coefficient (Wildman–Crippen LogP) is 3.06. The average molecular weight is 286 g/mol. The van der Waals surface area contributed by atoms with Crippen molar-refractivity contribution < 1.29 is 9.90 Å². The molecule has 0 aliphatic rings. The predicted molar refractivity (Wildman–Crippen MR) is 81.1 cm³/mol. The van der Waals surface area contributed by atoms with Crippen LogP contribution in [0, 0.1) is 0 Å². The van der Waals surface area contributed by atoms with Crippen LogP contribution in [-0.2, 0) is 17.6 Å². The highest BCUT2D eigenvalue weighted by atomic mass is 35.5. The van der Waals surface area contributed by atoms with Crippen LogP contribution in [0.2, 0.25) is 0 Å². The molecular weight excluding hydrogens is 262 g/mol. The highest BCUT2D eigenvalue weighted by molar-refractivity contribution is 5.85. The van der Waals surface area contributed by atoms with E-state index in [1.54, 1.807) is 0 Å². The minimum Gasteiger partial charge on any atom is -0.481 e. The summed E-state index contributed by atoms with van der Waals surface area (Å²) in [6.07, 6.45) is 3.98. The van der Waals surface area contributed by atoms with Gasteiger partial charge in [-0.15, -0.1) is 12.4 Å². The molecule has 0 fully saturated rings. The van der Waals surface area contributed by atoms with Gasteiger partial charge in [0.15, 0.2) is 0 Å². The second kappa shape index (κ2) is 9.82. The number of halogens is 1. The molecule has 0 spiro atoms. The van der Waals surface area contributed by atoms with Gasteiger partial charge < -0.3 is 10.4 Å². The summed E-state index contributed by atoms with van der Waals surface area (Å²) in [7, 11) is 1.97. The van der Waals surface area contributed by atoms with Crippen LogP contribution < -0.4 is 5.32 Å². The lowest BCUT2D eigenvalue weighted by atomic mass is 10.0. The molecule has 1 rings (SSSR count). The van der Waals surface area contributed by atoms with E-state index in [1.165, 1.54) is 11.1 Å². The SMILES string of the molecule is CN[C@H](C)Cc1ccc(CCCCC(=O)O)cc1.Cl. The van der Waals surface area contributed by atoms with Gasteiger partial charge in [0.1, 0.15) is 0 Å². The molecule has 1 aromatic rings. The molecule has 4 heteroatoms. The van der Waals surface area contributed by atoms with Gasteiger partial charge in [-0.05, 0) is 50.8 Å². The van der Waals surface area contributed by atoms with E-state index in [9.17, 15) is 4.79 Å². The zero-order chi connectivity index (χ0) is 13.4. The Balaban J connectivity index is 0.00000324. The van der Waals surface area contributed by atoms with Crippen molar-refractivity contribution in [2.75, 3.05) is 7.05 Å². The number of aryl methyl sites for hydroxylation is 1. The Morgan fingerprint density at radius 2 is 1.79 bits per heavy atom. The van der Waals surface area contributed by atoms with E-state index >= 15 is 0 Å². The number of likely N-dealkylation sites (N-methyl/N-ethyl adjacent to an activating group) is 1. The second-order valence-electron chi connectivity index (χ2n) is 4.81. The number of nitrogens with one attached hydrogen (secondary N) is 1. The molecule has 0 aromatic heterocycles. The number of carboxylic acids is 1. The number of carboxylic acid groups (broad SMARTS) is 1. The molecule has 1 atom stereocenters. The zero-order valence-corrected chi connectivity index (χ0v) is 12.5. The number of carbonyl (C=O) groups is 1. The van der Waals surface area contributed by atoms with Crippen molar-refractivity contribution in [1.82, 2.24) is 5.32 Å². The summed E-state index contributed by atoms with van der Waals surface area (Å²) in [5.74, 6) is -0.702. The Kier molecular flexibility index (Phi) is 9.27. The maximum Gasteiger partial charge on any atom is 0.303 e. The lowest BCUT2D eigenvalue weighted by Crippen LogP contribution is -2.23. The van der Waals surface area contributed by atoms with Crippen molar-refractivity contribution in [2.45, 2.75) is 45.1 Å². The first-order chi connectivity index (χ1) is 8.61. The van der Waals surface area contributed by atoms with Crippen LogP contribution in [0.1, 0.15) is 37.3 Å². The summed E-state index contributed by atoms with van der Waals surface area (Å²) in [6, 6.07) is 9.13. The number of benzene rings is 1. The molecule has 0 radical (unpaired) electrons. The maximum atomic E-state index is 10.4. The van der Waals surface area contributed by atoms with E-state index in [2.05, 4.69) is 36.5 Å². The number of hydrogen-bond donors (Lipinski definition) is 2. The fourth-order valence-electron chi connectivity index (χ4n) is 1.90. The first-order valence-electron chi connectivity index (χ1n) is 6.58. The van der Waals surface area contributed by atoms with E-state index in [0.29, 0.717) is 6.04 Å². The highest BCUT2D eigenvalue weighted by Crippen LogP contribution is 2.10. The summed E-state index contributed by atoms with van der Waals surface area (Å²) in [5, 5.41) is 11.8. The first-order valence-corrected chi connectivity index (χ1v) is 6.58. The number of unbranched alkanes of at least 4 members (excludes halogenated alkanes) is 1. The third kappa shape index (κ3) is 7.85. The van der Waals surface area contributed by atoms with Gasteiger partial charge in [0.25, 0.3) is 0 Å². The first kappa shape index (κ1) is 17.9. The minimum absolute atomic E-state index is 0. The maximum absolute atomic E-state index is 10.4. The second-order valence-corrected chi connectivity index (χ2v) is 4.81. The van der Waals surface area contributed by atoms with Crippen molar-refractivity contribution >= 4 is 18.4 Å². The molecule has 0 aliphatic carbocycles. The summed E-state index contributed by atoms with van der Waals surface area (Å²) in [5.41, 5.74) is 2.63. The Bertz CT molecular complexity index is 365. The molecule has 0 amide bonds. The molecule has 0 unspecified atom stereocenters. The number of hydrogen-bond acceptors (Lipinski definition) is 2. The fourth-order valence-corrected chi connectivity index (χ4v) is 1.90. The molecule has 0 saturated carbocycles. The average Bonchev–Trinajstić information content (AvgIpc) is 2.36. The van der Waals surface area contributed by atoms with Crippen LogP contribution in [0.15, 0.2) is 24.3 Å². The van der Waals surface area contributed by atoms with Crippen molar-refractivity contribution in [3.8, 4) is 0 Å². The lowest BCUT2D eigenvalue weighted by molar-refractivity contribution is -0.137. The number of rotatable bonds is 8. The molecule has 0 bridgehead atoms. The van der Waals surface area contributed by atoms with Crippen LogP contribution in [0.25, 0.3) is 0 Å². The van der Waals surface area contributed by atoms with E-state index in [4.69, 9.17) is 5.11 Å². The third-order valence-corrected chi connectivity index (χ3v) is 3.16. The Morgan fingerprint density at radius 1 is 1.21 bits per heavy atom. The highest BCUT2D eigenvalue weighted by Gasteiger charge is 2.01. The standard InChI is InChI=1S/C15H23NO2.ClH/c1-12(16-2)11-14-9-7-13(8-10-14)5-3-4-6-15(17)18;/h7-10,12,16H,3-6,11H2,1-2H3,(H,17,18);1H/t12-;/m1./s1. The topological polar surface area (TPSA) is 49.3 Å². The molecule has 0 saturated heterocycles. The van der Waals surface area contributed by atoms with Gasteiger partial charge in [-0.1, -0.05) is 24.3 Å². The van der Waals surface area contributed by atoms with Gasteiger partial charge in [0, 0.05) is 12.5 Å². The van der Waals surface area contributed by atoms with Crippen LogP contribution >= 0.6 is 12.4 Å². The normalized spacial score (nSPS) is 11.7. The summed E-state index contributed by atoms with van der Waals surface area (Å²) in [4.78, 5) is 10.4. The van der Waals surface area contributed by atoms with E-state index in [1.807, 2.05) is 7.05 Å². The van der Waals surface area contributed by atoms with Crippen molar-refractivity contribution in [3.05, 3.63) is 35.4 Å². The van der Waals surface area contributed by atoms with Crippen molar-refractivity contribution in [1.29, 1.82) is 0 Å². The van der Waals surface area contributed by atoms with Gasteiger partial charge in [-0.2, -0.15) is 0 Å². The van der Waals surface area contributed by atoms with Gasteiger partial charge in [-0.25, -0.2) is 0 Å². The monoisotopic (exact) mass is 285 g/mol. The van der Waals surface area contributed by atoms with Crippen LogP contribution in [0.5, 0.6) is 0 Å². The van der Waals surface area contributed by atoms with Crippen LogP contribution in [0.4, 0.5) is 0 Å². The summed E-state index contributed by atoms with van der Waals surface area (Å²) >= 11 is 0. The quantitative estimate of drug-likeness (QED) is 0.722. The van der Waals surface area contributed by atoms with Gasteiger partial charge in [0.2, 0.25) is 0 Å². The van der Waals surface area contributed by atoms with Gasteiger partial charge in [0.05, 0.1) is 0 Å². The smallest absolute Gasteiger partial charge is 0.303 e.